The molecule has 114 valence electrons. The van der Waals surface area contributed by atoms with Crippen molar-refractivity contribution in [2.24, 2.45) is 11.3 Å². The van der Waals surface area contributed by atoms with Gasteiger partial charge in [0.05, 0.1) is 11.4 Å². The van der Waals surface area contributed by atoms with E-state index in [1.807, 2.05) is 24.3 Å². The molecule has 4 heteroatoms. The van der Waals surface area contributed by atoms with Crippen LogP contribution >= 0.6 is 0 Å². The summed E-state index contributed by atoms with van der Waals surface area (Å²) in [6.07, 6.45) is 1.46. The standard InChI is InChI=1S/C17H24N2O2/c1-12(10-17(2,3)4)9-16(21)19-11-15(20)18-13-7-5-6-8-14(13)19/h5-8,12H,9-11H2,1-4H3,(H,18,20). The first kappa shape index (κ1) is 15.5. The van der Waals surface area contributed by atoms with Crippen molar-refractivity contribution in [3.05, 3.63) is 24.3 Å². The Bertz CT molecular complexity index is 546. The van der Waals surface area contributed by atoms with Gasteiger partial charge in [-0.1, -0.05) is 39.8 Å². The highest BCUT2D eigenvalue weighted by molar-refractivity contribution is 6.09. The molecule has 2 amide bonds. The van der Waals surface area contributed by atoms with Gasteiger partial charge in [-0.15, -0.1) is 0 Å². The summed E-state index contributed by atoms with van der Waals surface area (Å²) in [6.45, 7) is 8.74. The van der Waals surface area contributed by atoms with Crippen LogP contribution in [-0.2, 0) is 9.59 Å². The van der Waals surface area contributed by atoms with Crippen molar-refractivity contribution in [2.75, 3.05) is 16.8 Å². The van der Waals surface area contributed by atoms with Crippen LogP contribution in [0.1, 0.15) is 40.5 Å². The minimum atomic E-state index is -0.134. The zero-order valence-corrected chi connectivity index (χ0v) is 13.3. The maximum absolute atomic E-state index is 12.5. The van der Waals surface area contributed by atoms with E-state index in [0.29, 0.717) is 18.0 Å². The molecule has 0 fully saturated rings. The molecule has 4 nitrogen and oxygen atoms in total. The maximum atomic E-state index is 12.5. The zero-order chi connectivity index (χ0) is 15.6. The second-order valence-corrected chi connectivity index (χ2v) is 7.12. The van der Waals surface area contributed by atoms with Gasteiger partial charge in [0.15, 0.2) is 0 Å². The predicted molar refractivity (Wildman–Crippen MR) is 85.3 cm³/mol. The topological polar surface area (TPSA) is 49.4 Å². The molecule has 1 aliphatic rings. The number of hydrogen-bond acceptors (Lipinski definition) is 2. The van der Waals surface area contributed by atoms with E-state index in [1.54, 1.807) is 4.90 Å². The quantitative estimate of drug-likeness (QED) is 0.926. The number of carbonyl (C=O) groups is 2. The highest BCUT2D eigenvalue weighted by Crippen LogP contribution is 2.31. The fraction of sp³-hybridized carbons (Fsp3) is 0.529. The van der Waals surface area contributed by atoms with Crippen LogP contribution in [-0.4, -0.2) is 18.4 Å². The smallest absolute Gasteiger partial charge is 0.244 e. The molecule has 0 saturated carbocycles. The molecule has 0 radical (unpaired) electrons. The Labute approximate surface area is 126 Å². The lowest BCUT2D eigenvalue weighted by Gasteiger charge is -2.31. The Morgan fingerprint density at radius 3 is 2.67 bits per heavy atom. The molecule has 0 bridgehead atoms. The lowest BCUT2D eigenvalue weighted by Crippen LogP contribution is -2.42. The molecule has 1 N–H and O–H groups in total. The SMILES string of the molecule is CC(CC(=O)N1CC(=O)Nc2ccccc21)CC(C)(C)C. The van der Waals surface area contributed by atoms with Crippen molar-refractivity contribution in [1.29, 1.82) is 0 Å². The summed E-state index contributed by atoms with van der Waals surface area (Å²) in [6, 6.07) is 7.44. The van der Waals surface area contributed by atoms with E-state index in [2.05, 4.69) is 33.0 Å². The molecule has 1 aromatic rings. The van der Waals surface area contributed by atoms with Gasteiger partial charge in [0, 0.05) is 6.42 Å². The van der Waals surface area contributed by atoms with E-state index in [-0.39, 0.29) is 23.8 Å². The van der Waals surface area contributed by atoms with E-state index in [9.17, 15) is 9.59 Å². The Hall–Kier alpha value is -1.84. The number of benzene rings is 1. The van der Waals surface area contributed by atoms with Crippen LogP contribution in [0.2, 0.25) is 0 Å². The number of anilines is 2. The van der Waals surface area contributed by atoms with Gasteiger partial charge in [-0.3, -0.25) is 9.59 Å². The first-order valence-electron chi connectivity index (χ1n) is 7.45. The molecule has 0 spiro atoms. The molecule has 0 aromatic heterocycles. The number of para-hydroxylation sites is 2. The second-order valence-electron chi connectivity index (χ2n) is 7.12. The number of fused-ring (bicyclic) bond motifs is 1. The van der Waals surface area contributed by atoms with Crippen LogP contribution in [0.25, 0.3) is 0 Å². The maximum Gasteiger partial charge on any atom is 0.244 e. The zero-order valence-electron chi connectivity index (χ0n) is 13.3. The molecule has 1 aromatic carbocycles. The number of amides is 2. The summed E-state index contributed by atoms with van der Waals surface area (Å²) in [7, 11) is 0. The minimum Gasteiger partial charge on any atom is -0.323 e. The van der Waals surface area contributed by atoms with Gasteiger partial charge in [-0.05, 0) is 29.9 Å². The Kier molecular flexibility index (Phi) is 4.35. The van der Waals surface area contributed by atoms with E-state index in [0.717, 1.165) is 12.1 Å². The molecular weight excluding hydrogens is 264 g/mol. The number of hydrogen-bond donors (Lipinski definition) is 1. The molecule has 1 atom stereocenters. The third-order valence-corrected chi connectivity index (χ3v) is 3.56. The van der Waals surface area contributed by atoms with E-state index in [4.69, 9.17) is 0 Å². The van der Waals surface area contributed by atoms with Gasteiger partial charge < -0.3 is 10.2 Å². The minimum absolute atomic E-state index is 0.0223. The largest absolute Gasteiger partial charge is 0.323 e. The Balaban J connectivity index is 2.11. The molecule has 2 rings (SSSR count). The van der Waals surface area contributed by atoms with Crippen LogP contribution in [0.5, 0.6) is 0 Å². The van der Waals surface area contributed by atoms with Crippen LogP contribution in [0.3, 0.4) is 0 Å². The van der Waals surface area contributed by atoms with Gasteiger partial charge in [0.1, 0.15) is 6.54 Å². The van der Waals surface area contributed by atoms with Crippen molar-refractivity contribution < 1.29 is 9.59 Å². The average Bonchev–Trinajstić information content (AvgIpc) is 2.35. The lowest BCUT2D eigenvalue weighted by molar-refractivity contribution is -0.122. The van der Waals surface area contributed by atoms with Crippen molar-refractivity contribution in [2.45, 2.75) is 40.5 Å². The summed E-state index contributed by atoms with van der Waals surface area (Å²) in [5.74, 6) is 0.189. The first-order chi connectivity index (χ1) is 9.76. The van der Waals surface area contributed by atoms with Crippen LogP contribution in [0, 0.1) is 11.3 Å². The molecule has 0 saturated heterocycles. The van der Waals surface area contributed by atoms with E-state index >= 15 is 0 Å². The van der Waals surface area contributed by atoms with Crippen molar-refractivity contribution in [3.63, 3.8) is 0 Å². The third-order valence-electron chi connectivity index (χ3n) is 3.56. The second kappa shape index (κ2) is 5.88. The molecule has 1 heterocycles. The number of nitrogens with zero attached hydrogens (tertiary/aromatic N) is 1. The summed E-state index contributed by atoms with van der Waals surface area (Å²) < 4.78 is 0. The lowest BCUT2D eigenvalue weighted by atomic mass is 9.84. The summed E-state index contributed by atoms with van der Waals surface area (Å²) in [4.78, 5) is 25.9. The number of nitrogens with one attached hydrogen (secondary N) is 1. The van der Waals surface area contributed by atoms with Crippen molar-refractivity contribution >= 4 is 23.2 Å². The van der Waals surface area contributed by atoms with Gasteiger partial charge in [-0.2, -0.15) is 0 Å². The average molecular weight is 288 g/mol. The molecule has 1 unspecified atom stereocenters. The highest BCUT2D eigenvalue weighted by atomic mass is 16.2. The Morgan fingerprint density at radius 1 is 1.33 bits per heavy atom. The molecule has 21 heavy (non-hydrogen) atoms. The Morgan fingerprint density at radius 2 is 2.00 bits per heavy atom. The van der Waals surface area contributed by atoms with Gasteiger partial charge in [0.2, 0.25) is 11.8 Å². The summed E-state index contributed by atoms with van der Waals surface area (Å²) in [5, 5.41) is 2.80. The van der Waals surface area contributed by atoms with Gasteiger partial charge >= 0.3 is 0 Å². The van der Waals surface area contributed by atoms with E-state index in [1.165, 1.54) is 0 Å². The van der Waals surface area contributed by atoms with Crippen LogP contribution in [0.4, 0.5) is 11.4 Å². The monoisotopic (exact) mass is 288 g/mol. The number of carbonyl (C=O) groups excluding carboxylic acids is 2. The summed E-state index contributed by atoms with van der Waals surface area (Å²) in [5.41, 5.74) is 1.72. The van der Waals surface area contributed by atoms with Crippen molar-refractivity contribution in [3.8, 4) is 0 Å². The summed E-state index contributed by atoms with van der Waals surface area (Å²) >= 11 is 0. The fourth-order valence-electron chi connectivity index (χ4n) is 2.98. The van der Waals surface area contributed by atoms with Crippen LogP contribution < -0.4 is 10.2 Å². The van der Waals surface area contributed by atoms with Crippen LogP contribution in [0.15, 0.2) is 24.3 Å². The highest BCUT2D eigenvalue weighted by Gasteiger charge is 2.28. The number of rotatable bonds is 3. The predicted octanol–water partition coefficient (Wildman–Crippen LogP) is 3.43. The van der Waals surface area contributed by atoms with Gasteiger partial charge in [0.25, 0.3) is 0 Å². The first-order valence-corrected chi connectivity index (χ1v) is 7.45. The van der Waals surface area contributed by atoms with Gasteiger partial charge in [-0.25, -0.2) is 0 Å². The third kappa shape index (κ3) is 4.06. The van der Waals surface area contributed by atoms with Crippen molar-refractivity contribution in [1.82, 2.24) is 0 Å². The molecule has 1 aliphatic heterocycles. The fourth-order valence-corrected chi connectivity index (χ4v) is 2.98. The molecular formula is C17H24N2O2. The van der Waals surface area contributed by atoms with E-state index < -0.39 is 0 Å². The normalized spacial score (nSPS) is 16.2. The molecule has 0 aliphatic carbocycles.